The highest BCUT2D eigenvalue weighted by molar-refractivity contribution is 5.79. The van der Waals surface area contributed by atoms with E-state index >= 15 is 0 Å². The summed E-state index contributed by atoms with van der Waals surface area (Å²) in [5, 5.41) is 7.16. The first kappa shape index (κ1) is 16.0. The zero-order valence-electron chi connectivity index (χ0n) is 13.7. The molecule has 0 aliphatic rings. The molecule has 0 fully saturated rings. The second-order valence-electron chi connectivity index (χ2n) is 5.94. The van der Waals surface area contributed by atoms with Crippen molar-refractivity contribution in [3.8, 4) is 11.1 Å². The van der Waals surface area contributed by atoms with Crippen molar-refractivity contribution in [3.63, 3.8) is 0 Å². The molecule has 1 N–H and O–H groups in total. The number of aromatic nitrogens is 2. The Morgan fingerprint density at radius 2 is 1.75 bits per heavy atom. The molecule has 122 valence electrons. The van der Waals surface area contributed by atoms with Crippen LogP contribution in [0.1, 0.15) is 12.5 Å². The predicted octanol–water partition coefficient (Wildman–Crippen LogP) is 3.30. The maximum absolute atomic E-state index is 12.2. The summed E-state index contributed by atoms with van der Waals surface area (Å²) in [4.78, 5) is 12.2. The van der Waals surface area contributed by atoms with Crippen LogP contribution in [0.5, 0.6) is 0 Å². The molecule has 24 heavy (non-hydrogen) atoms. The molecule has 1 unspecified atom stereocenters. The van der Waals surface area contributed by atoms with Crippen LogP contribution in [0.3, 0.4) is 0 Å². The first-order valence-corrected chi connectivity index (χ1v) is 8.12. The van der Waals surface area contributed by atoms with Gasteiger partial charge in [-0.1, -0.05) is 54.6 Å². The summed E-state index contributed by atoms with van der Waals surface area (Å²) < 4.78 is 1.82. The Morgan fingerprint density at radius 1 is 1.04 bits per heavy atom. The van der Waals surface area contributed by atoms with Crippen LogP contribution < -0.4 is 5.32 Å². The van der Waals surface area contributed by atoms with Gasteiger partial charge in [0.1, 0.15) is 0 Å². The third kappa shape index (κ3) is 4.32. The molecule has 1 amide bonds. The number of hydrogen-bond donors (Lipinski definition) is 1. The zero-order chi connectivity index (χ0) is 16.8. The third-order valence-electron chi connectivity index (χ3n) is 3.85. The fourth-order valence-electron chi connectivity index (χ4n) is 2.69. The van der Waals surface area contributed by atoms with Crippen molar-refractivity contribution in [2.24, 2.45) is 0 Å². The van der Waals surface area contributed by atoms with Crippen molar-refractivity contribution in [2.45, 2.75) is 25.9 Å². The van der Waals surface area contributed by atoms with E-state index in [0.29, 0.717) is 13.0 Å². The van der Waals surface area contributed by atoms with E-state index in [0.717, 1.165) is 11.1 Å². The van der Waals surface area contributed by atoms with Crippen molar-refractivity contribution in [3.05, 3.63) is 78.6 Å². The maximum Gasteiger partial charge on any atom is 0.224 e. The quantitative estimate of drug-likeness (QED) is 0.758. The number of nitrogens with zero attached hydrogens (tertiary/aromatic N) is 2. The van der Waals surface area contributed by atoms with E-state index in [1.807, 2.05) is 54.2 Å². The van der Waals surface area contributed by atoms with Crippen molar-refractivity contribution in [1.29, 1.82) is 0 Å². The Hall–Kier alpha value is -2.88. The molecule has 0 bridgehead atoms. The van der Waals surface area contributed by atoms with Crippen LogP contribution in [0.25, 0.3) is 11.1 Å². The van der Waals surface area contributed by atoms with Crippen LogP contribution in [0.4, 0.5) is 0 Å². The molecule has 0 radical (unpaired) electrons. The molecule has 0 saturated carbocycles. The summed E-state index contributed by atoms with van der Waals surface area (Å²) in [5.41, 5.74) is 3.35. The maximum atomic E-state index is 12.2. The lowest BCUT2D eigenvalue weighted by molar-refractivity contribution is -0.121. The molecule has 0 aliphatic carbocycles. The number of benzene rings is 2. The SMILES string of the molecule is CC(Cn1cccn1)NC(=O)Cc1ccc(-c2ccccc2)cc1. The Bertz CT molecular complexity index is 764. The van der Waals surface area contributed by atoms with Gasteiger partial charge in [0.05, 0.1) is 13.0 Å². The summed E-state index contributed by atoms with van der Waals surface area (Å²) >= 11 is 0. The molecule has 3 aromatic rings. The molecule has 0 spiro atoms. The second kappa shape index (κ2) is 7.59. The topological polar surface area (TPSA) is 46.9 Å². The van der Waals surface area contributed by atoms with Gasteiger partial charge in [0.25, 0.3) is 0 Å². The molecule has 3 rings (SSSR count). The average Bonchev–Trinajstić information content (AvgIpc) is 3.09. The highest BCUT2D eigenvalue weighted by atomic mass is 16.1. The minimum Gasteiger partial charge on any atom is -0.351 e. The molecule has 1 heterocycles. The Balaban J connectivity index is 1.54. The van der Waals surface area contributed by atoms with Crippen LogP contribution in [0.15, 0.2) is 73.1 Å². The lowest BCUT2D eigenvalue weighted by Gasteiger charge is -2.14. The summed E-state index contributed by atoms with van der Waals surface area (Å²) in [6.45, 7) is 2.66. The molecule has 0 saturated heterocycles. The predicted molar refractivity (Wildman–Crippen MR) is 95.4 cm³/mol. The molecule has 1 atom stereocenters. The van der Waals surface area contributed by atoms with E-state index in [1.165, 1.54) is 5.56 Å². The van der Waals surface area contributed by atoms with Gasteiger partial charge in [0, 0.05) is 18.4 Å². The number of rotatable bonds is 6. The van der Waals surface area contributed by atoms with Gasteiger partial charge in [-0.15, -0.1) is 0 Å². The largest absolute Gasteiger partial charge is 0.351 e. The number of carbonyl (C=O) groups is 1. The monoisotopic (exact) mass is 319 g/mol. The van der Waals surface area contributed by atoms with Gasteiger partial charge in [-0.3, -0.25) is 9.48 Å². The standard InChI is InChI=1S/C20H21N3O/c1-16(15-23-13-5-12-21-23)22-20(24)14-17-8-10-19(11-9-17)18-6-3-2-4-7-18/h2-13,16H,14-15H2,1H3,(H,22,24). The van der Waals surface area contributed by atoms with Crippen LogP contribution in [0, 0.1) is 0 Å². The molecule has 4 heteroatoms. The van der Waals surface area contributed by atoms with Gasteiger partial charge in [-0.25, -0.2) is 0 Å². The highest BCUT2D eigenvalue weighted by Crippen LogP contribution is 2.19. The molecular formula is C20H21N3O. The summed E-state index contributed by atoms with van der Waals surface area (Å²) in [6.07, 6.45) is 4.02. The third-order valence-corrected chi connectivity index (χ3v) is 3.85. The Morgan fingerprint density at radius 3 is 2.42 bits per heavy atom. The Kier molecular flexibility index (Phi) is 5.06. The minimum atomic E-state index is 0.0297. The Labute approximate surface area is 142 Å². The molecule has 4 nitrogen and oxygen atoms in total. The normalized spacial score (nSPS) is 11.9. The number of hydrogen-bond acceptors (Lipinski definition) is 2. The van der Waals surface area contributed by atoms with Crippen molar-refractivity contribution < 1.29 is 4.79 Å². The lowest BCUT2D eigenvalue weighted by atomic mass is 10.0. The first-order chi connectivity index (χ1) is 11.7. The van der Waals surface area contributed by atoms with Gasteiger partial charge in [-0.05, 0) is 29.7 Å². The number of amides is 1. The summed E-state index contributed by atoms with van der Waals surface area (Å²) in [5.74, 6) is 0.0297. The first-order valence-electron chi connectivity index (χ1n) is 8.12. The number of nitrogens with one attached hydrogen (secondary N) is 1. The molecule has 1 aromatic heterocycles. The second-order valence-corrected chi connectivity index (χ2v) is 5.94. The van der Waals surface area contributed by atoms with E-state index in [9.17, 15) is 4.79 Å². The summed E-state index contributed by atoms with van der Waals surface area (Å²) in [7, 11) is 0. The van der Waals surface area contributed by atoms with E-state index in [-0.39, 0.29) is 11.9 Å². The zero-order valence-corrected chi connectivity index (χ0v) is 13.7. The minimum absolute atomic E-state index is 0.0297. The summed E-state index contributed by atoms with van der Waals surface area (Å²) in [6, 6.07) is 20.3. The van der Waals surface area contributed by atoms with Crippen LogP contribution in [0.2, 0.25) is 0 Å². The lowest BCUT2D eigenvalue weighted by Crippen LogP contribution is -2.36. The average molecular weight is 319 g/mol. The van der Waals surface area contributed by atoms with Gasteiger partial charge in [0.15, 0.2) is 0 Å². The van der Waals surface area contributed by atoms with Gasteiger partial charge in [0.2, 0.25) is 5.91 Å². The molecular weight excluding hydrogens is 298 g/mol. The van der Waals surface area contributed by atoms with E-state index in [4.69, 9.17) is 0 Å². The van der Waals surface area contributed by atoms with E-state index < -0.39 is 0 Å². The van der Waals surface area contributed by atoms with Gasteiger partial charge in [-0.2, -0.15) is 5.10 Å². The van der Waals surface area contributed by atoms with Gasteiger partial charge >= 0.3 is 0 Å². The molecule has 2 aromatic carbocycles. The highest BCUT2D eigenvalue weighted by Gasteiger charge is 2.09. The van der Waals surface area contributed by atoms with Crippen molar-refractivity contribution in [2.75, 3.05) is 0 Å². The van der Waals surface area contributed by atoms with Gasteiger partial charge < -0.3 is 5.32 Å². The van der Waals surface area contributed by atoms with E-state index in [1.54, 1.807) is 6.20 Å². The van der Waals surface area contributed by atoms with Crippen LogP contribution >= 0.6 is 0 Å². The van der Waals surface area contributed by atoms with Crippen molar-refractivity contribution in [1.82, 2.24) is 15.1 Å². The van der Waals surface area contributed by atoms with E-state index in [2.05, 4.69) is 34.7 Å². The fraction of sp³-hybridized carbons (Fsp3) is 0.200. The number of carbonyl (C=O) groups excluding carboxylic acids is 1. The van der Waals surface area contributed by atoms with Crippen LogP contribution in [-0.4, -0.2) is 21.7 Å². The van der Waals surface area contributed by atoms with Crippen molar-refractivity contribution >= 4 is 5.91 Å². The molecule has 0 aliphatic heterocycles. The van der Waals surface area contributed by atoms with Crippen LogP contribution in [-0.2, 0) is 17.8 Å². The smallest absolute Gasteiger partial charge is 0.224 e. The fourth-order valence-corrected chi connectivity index (χ4v) is 2.69.